The number of nitrogens with zero attached hydrogens (tertiary/aromatic N) is 4. The van der Waals surface area contributed by atoms with E-state index < -0.39 is 0 Å². The van der Waals surface area contributed by atoms with Gasteiger partial charge in [-0.05, 0) is 24.1 Å². The monoisotopic (exact) mass is 401 g/mol. The van der Waals surface area contributed by atoms with Crippen LogP contribution in [0, 0.1) is 0 Å². The molecule has 7 nitrogen and oxygen atoms in total. The van der Waals surface area contributed by atoms with E-state index in [1.165, 1.54) is 9.13 Å². The van der Waals surface area contributed by atoms with E-state index in [0.717, 1.165) is 5.56 Å². The van der Waals surface area contributed by atoms with Gasteiger partial charge in [-0.15, -0.1) is 0 Å². The van der Waals surface area contributed by atoms with Gasteiger partial charge in [-0.3, -0.25) is 9.13 Å². The van der Waals surface area contributed by atoms with Crippen molar-refractivity contribution in [1.82, 2.24) is 19.1 Å². The van der Waals surface area contributed by atoms with E-state index in [2.05, 4.69) is 9.97 Å². The van der Waals surface area contributed by atoms with Crippen LogP contribution in [0.3, 0.4) is 0 Å². The Morgan fingerprint density at radius 2 is 1.88 bits per heavy atom. The predicted molar refractivity (Wildman–Crippen MR) is 98.5 cm³/mol. The van der Waals surface area contributed by atoms with Crippen molar-refractivity contribution in [3.8, 4) is 0 Å². The number of aryl methyl sites for hydroxylation is 1. The zero-order valence-corrected chi connectivity index (χ0v) is 15.2. The number of benzene rings is 1. The zero-order valence-electron chi connectivity index (χ0n) is 12.9. The molecule has 25 heavy (non-hydrogen) atoms. The Balaban J connectivity index is 2.18. The summed E-state index contributed by atoms with van der Waals surface area (Å²) in [6, 6.07) is 5.11. The van der Waals surface area contributed by atoms with Crippen molar-refractivity contribution in [3.63, 3.8) is 0 Å². The van der Waals surface area contributed by atoms with Crippen LogP contribution < -0.4 is 11.4 Å². The predicted octanol–water partition coefficient (Wildman–Crippen LogP) is 2.57. The van der Waals surface area contributed by atoms with E-state index in [1.807, 2.05) is 0 Å². The largest absolute Gasteiger partial charge is 0.396 e. The van der Waals surface area contributed by atoms with Crippen LogP contribution in [-0.2, 0) is 13.1 Å². The van der Waals surface area contributed by atoms with Crippen molar-refractivity contribution in [2.75, 3.05) is 12.3 Å². The maximum Gasteiger partial charge on any atom is 0.330 e. The standard InChI is InChI=1S/C15H14Cl3N5O2/c16-9-3-2-8(6-10(9)17)7-23-13-11(12(18)20-14(19)21-13)22(15(23)25)4-1-5-24/h2-3,6,24H,1,4-5,7H2,(H2,19,20,21). The molecule has 132 valence electrons. The van der Waals surface area contributed by atoms with Crippen LogP contribution in [0.1, 0.15) is 12.0 Å². The fourth-order valence-corrected chi connectivity index (χ4v) is 3.18. The molecule has 0 atom stereocenters. The van der Waals surface area contributed by atoms with Gasteiger partial charge in [0.25, 0.3) is 0 Å². The number of halogens is 3. The van der Waals surface area contributed by atoms with Gasteiger partial charge in [0.1, 0.15) is 5.52 Å². The molecule has 0 saturated heterocycles. The minimum absolute atomic E-state index is 0.0281. The summed E-state index contributed by atoms with van der Waals surface area (Å²) in [6.07, 6.45) is 0.395. The highest BCUT2D eigenvalue weighted by Gasteiger charge is 2.19. The first kappa shape index (κ1) is 18.0. The average molecular weight is 403 g/mol. The second-order valence-electron chi connectivity index (χ2n) is 5.39. The van der Waals surface area contributed by atoms with Gasteiger partial charge in [-0.25, -0.2) is 4.79 Å². The summed E-state index contributed by atoms with van der Waals surface area (Å²) in [6.45, 7) is 0.442. The van der Waals surface area contributed by atoms with Gasteiger partial charge in [-0.1, -0.05) is 40.9 Å². The highest BCUT2D eigenvalue weighted by atomic mass is 35.5. The minimum Gasteiger partial charge on any atom is -0.396 e. The van der Waals surface area contributed by atoms with Crippen molar-refractivity contribution in [2.24, 2.45) is 0 Å². The molecule has 0 amide bonds. The quantitative estimate of drug-likeness (QED) is 0.639. The number of nitrogen functional groups attached to an aromatic ring is 1. The van der Waals surface area contributed by atoms with Gasteiger partial charge in [0.15, 0.2) is 10.8 Å². The number of hydrogen-bond donors (Lipinski definition) is 2. The molecule has 0 fully saturated rings. The van der Waals surface area contributed by atoms with Gasteiger partial charge < -0.3 is 10.8 Å². The molecule has 0 unspecified atom stereocenters. The van der Waals surface area contributed by atoms with Crippen LogP contribution in [0.5, 0.6) is 0 Å². The summed E-state index contributed by atoms with van der Waals surface area (Å²) in [5, 5.41) is 9.98. The summed E-state index contributed by atoms with van der Waals surface area (Å²) in [7, 11) is 0. The molecule has 0 aliphatic carbocycles. The summed E-state index contributed by atoms with van der Waals surface area (Å²) in [5.41, 5.74) is 6.84. The van der Waals surface area contributed by atoms with Crippen molar-refractivity contribution in [2.45, 2.75) is 19.5 Å². The van der Waals surface area contributed by atoms with Crippen molar-refractivity contribution < 1.29 is 5.11 Å². The van der Waals surface area contributed by atoms with E-state index in [4.69, 9.17) is 45.6 Å². The third kappa shape index (κ3) is 3.46. The van der Waals surface area contributed by atoms with Crippen molar-refractivity contribution in [1.29, 1.82) is 0 Å². The first-order valence-electron chi connectivity index (χ1n) is 7.39. The smallest absolute Gasteiger partial charge is 0.330 e. The molecule has 0 spiro atoms. The Bertz CT molecular complexity index is 999. The number of rotatable bonds is 5. The van der Waals surface area contributed by atoms with E-state index in [1.54, 1.807) is 18.2 Å². The summed E-state index contributed by atoms with van der Waals surface area (Å²) >= 11 is 18.1. The fourth-order valence-electron chi connectivity index (χ4n) is 2.58. The number of aliphatic hydroxyl groups is 1. The van der Waals surface area contributed by atoms with Gasteiger partial charge in [0, 0.05) is 13.2 Å². The Hall–Kier alpha value is -1.80. The second-order valence-corrected chi connectivity index (χ2v) is 6.56. The van der Waals surface area contributed by atoms with Crippen molar-refractivity contribution in [3.05, 3.63) is 49.4 Å². The lowest BCUT2D eigenvalue weighted by Crippen LogP contribution is -2.25. The van der Waals surface area contributed by atoms with Gasteiger partial charge >= 0.3 is 5.69 Å². The van der Waals surface area contributed by atoms with Crippen LogP contribution in [-0.4, -0.2) is 30.8 Å². The number of hydrogen-bond acceptors (Lipinski definition) is 5. The molecule has 10 heteroatoms. The zero-order chi connectivity index (χ0) is 18.1. The maximum absolute atomic E-state index is 12.8. The van der Waals surface area contributed by atoms with Crippen LogP contribution in [0.25, 0.3) is 11.2 Å². The maximum atomic E-state index is 12.8. The second kappa shape index (κ2) is 7.21. The molecule has 2 heterocycles. The fraction of sp³-hybridized carbons (Fsp3) is 0.267. The number of aromatic nitrogens is 4. The lowest BCUT2D eigenvalue weighted by atomic mass is 10.2. The lowest BCUT2D eigenvalue weighted by molar-refractivity contribution is 0.279. The van der Waals surface area contributed by atoms with Crippen LogP contribution in [0.2, 0.25) is 15.2 Å². The lowest BCUT2D eigenvalue weighted by Gasteiger charge is -2.05. The van der Waals surface area contributed by atoms with Crippen molar-refractivity contribution >= 4 is 51.9 Å². The number of anilines is 1. The molecule has 1 aromatic carbocycles. The Kier molecular flexibility index (Phi) is 5.19. The Morgan fingerprint density at radius 1 is 1.12 bits per heavy atom. The minimum atomic E-state index is -0.323. The number of imidazole rings is 1. The highest BCUT2D eigenvalue weighted by Crippen LogP contribution is 2.25. The SMILES string of the molecule is Nc1nc(Cl)c2c(n1)n(Cc1ccc(Cl)c(Cl)c1)c(=O)n2CCCO. The van der Waals surface area contributed by atoms with Gasteiger partial charge in [0.2, 0.25) is 5.95 Å². The Morgan fingerprint density at radius 3 is 2.56 bits per heavy atom. The molecule has 0 saturated carbocycles. The molecule has 3 N–H and O–H groups in total. The van der Waals surface area contributed by atoms with Crippen LogP contribution >= 0.6 is 34.8 Å². The van der Waals surface area contributed by atoms with E-state index in [-0.39, 0.29) is 36.5 Å². The molecular weight excluding hydrogens is 389 g/mol. The normalized spacial score (nSPS) is 11.4. The van der Waals surface area contributed by atoms with Crippen LogP contribution in [0.15, 0.2) is 23.0 Å². The van der Waals surface area contributed by atoms with E-state index in [9.17, 15) is 4.79 Å². The van der Waals surface area contributed by atoms with Crippen LogP contribution in [0.4, 0.5) is 5.95 Å². The average Bonchev–Trinajstić information content (AvgIpc) is 2.81. The molecule has 3 rings (SSSR count). The molecule has 3 aromatic rings. The van der Waals surface area contributed by atoms with E-state index in [0.29, 0.717) is 27.6 Å². The molecule has 2 aromatic heterocycles. The number of aliphatic hydroxyl groups excluding tert-OH is 1. The first-order valence-corrected chi connectivity index (χ1v) is 8.52. The highest BCUT2D eigenvalue weighted by molar-refractivity contribution is 6.42. The number of nitrogens with two attached hydrogens (primary N) is 1. The molecule has 0 aliphatic rings. The Labute approximate surface area is 157 Å². The molecule has 0 radical (unpaired) electrons. The molecule has 0 aliphatic heterocycles. The first-order chi connectivity index (χ1) is 11.9. The third-order valence-electron chi connectivity index (χ3n) is 3.69. The third-order valence-corrected chi connectivity index (χ3v) is 4.69. The van der Waals surface area contributed by atoms with Gasteiger partial charge in [-0.2, -0.15) is 9.97 Å². The van der Waals surface area contributed by atoms with Gasteiger partial charge in [0.05, 0.1) is 16.6 Å². The summed E-state index contributed by atoms with van der Waals surface area (Å²) in [5.74, 6) is -0.0281. The topological polar surface area (TPSA) is 99.0 Å². The molecule has 0 bridgehead atoms. The summed E-state index contributed by atoms with van der Waals surface area (Å²) < 4.78 is 2.88. The van der Waals surface area contributed by atoms with E-state index >= 15 is 0 Å². The number of fused-ring (bicyclic) bond motifs is 1. The molecular formula is C15H14Cl3N5O2. The summed E-state index contributed by atoms with van der Waals surface area (Å²) in [4.78, 5) is 20.9.